The molecule has 0 saturated heterocycles. The van der Waals surface area contributed by atoms with Gasteiger partial charge in [-0.05, 0) is 17.9 Å². The lowest BCUT2D eigenvalue weighted by atomic mass is 10.4. The van der Waals surface area contributed by atoms with Crippen molar-refractivity contribution in [3.63, 3.8) is 0 Å². The number of hydrogen-bond donors (Lipinski definition) is 0. The standard InChI is InChI=1S/C12H16F2O3S2/c1-2-3-5-16-6-7-17-11(15)10-9(4-8-18-10)19-12(13)14/h4,8,12H,2-3,5-7H2,1H3. The number of thioether (sulfide) groups is 1. The predicted molar refractivity (Wildman–Crippen MR) is 72.2 cm³/mol. The largest absolute Gasteiger partial charge is 0.459 e. The molecule has 1 aromatic heterocycles. The molecule has 1 rings (SSSR count). The number of thiophene rings is 1. The van der Waals surface area contributed by atoms with Crippen LogP contribution in [0.3, 0.4) is 0 Å². The Hall–Kier alpha value is -0.660. The van der Waals surface area contributed by atoms with Gasteiger partial charge in [0.2, 0.25) is 0 Å². The van der Waals surface area contributed by atoms with E-state index in [1.807, 2.05) is 0 Å². The topological polar surface area (TPSA) is 35.5 Å². The number of ether oxygens (including phenoxy) is 2. The summed E-state index contributed by atoms with van der Waals surface area (Å²) in [6, 6.07) is 1.50. The number of carbonyl (C=O) groups is 1. The Morgan fingerprint density at radius 1 is 1.42 bits per heavy atom. The summed E-state index contributed by atoms with van der Waals surface area (Å²) >= 11 is 1.46. The maximum atomic E-state index is 12.3. The summed E-state index contributed by atoms with van der Waals surface area (Å²) < 4.78 is 34.7. The molecule has 7 heteroatoms. The summed E-state index contributed by atoms with van der Waals surface area (Å²) in [5.41, 5.74) is 0. The zero-order chi connectivity index (χ0) is 14.1. The average Bonchev–Trinajstić information content (AvgIpc) is 2.80. The molecular weight excluding hydrogens is 294 g/mol. The van der Waals surface area contributed by atoms with Crippen molar-refractivity contribution in [1.29, 1.82) is 0 Å². The van der Waals surface area contributed by atoms with Crippen molar-refractivity contribution in [3.8, 4) is 0 Å². The van der Waals surface area contributed by atoms with Crippen LogP contribution in [0, 0.1) is 0 Å². The van der Waals surface area contributed by atoms with E-state index in [2.05, 4.69) is 6.92 Å². The first-order chi connectivity index (χ1) is 9.15. The number of hydrogen-bond acceptors (Lipinski definition) is 5. The molecule has 0 aliphatic heterocycles. The van der Waals surface area contributed by atoms with Crippen molar-refractivity contribution in [2.75, 3.05) is 19.8 Å². The van der Waals surface area contributed by atoms with E-state index in [4.69, 9.17) is 9.47 Å². The number of carbonyl (C=O) groups excluding carboxylic acids is 1. The number of esters is 1. The van der Waals surface area contributed by atoms with Crippen molar-refractivity contribution in [2.24, 2.45) is 0 Å². The first-order valence-corrected chi connectivity index (χ1v) is 7.68. The second-order valence-electron chi connectivity index (χ2n) is 3.59. The Morgan fingerprint density at radius 3 is 2.89 bits per heavy atom. The molecule has 0 amide bonds. The highest BCUT2D eigenvalue weighted by molar-refractivity contribution is 7.99. The highest BCUT2D eigenvalue weighted by Crippen LogP contribution is 2.32. The van der Waals surface area contributed by atoms with Crippen molar-refractivity contribution in [1.82, 2.24) is 0 Å². The third kappa shape index (κ3) is 6.35. The molecule has 0 radical (unpaired) electrons. The third-order valence-corrected chi connectivity index (χ3v) is 3.93. The van der Waals surface area contributed by atoms with Gasteiger partial charge in [-0.1, -0.05) is 25.1 Å². The summed E-state index contributed by atoms with van der Waals surface area (Å²) in [4.78, 5) is 12.2. The Labute approximate surface area is 119 Å². The lowest BCUT2D eigenvalue weighted by molar-refractivity contribution is 0.0315. The molecule has 0 atom stereocenters. The summed E-state index contributed by atoms with van der Waals surface area (Å²) in [5, 5.41) is 1.60. The van der Waals surface area contributed by atoms with Crippen LogP contribution in [0.4, 0.5) is 8.78 Å². The fourth-order valence-electron chi connectivity index (χ4n) is 1.24. The summed E-state index contributed by atoms with van der Waals surface area (Å²) in [5.74, 6) is -3.12. The van der Waals surface area contributed by atoms with E-state index in [1.54, 1.807) is 5.38 Å². The Morgan fingerprint density at radius 2 is 2.21 bits per heavy atom. The van der Waals surface area contributed by atoms with E-state index in [0.717, 1.165) is 24.2 Å². The van der Waals surface area contributed by atoms with Gasteiger partial charge in [0.05, 0.1) is 6.61 Å². The molecule has 108 valence electrons. The van der Waals surface area contributed by atoms with Gasteiger partial charge in [0.25, 0.3) is 5.76 Å². The van der Waals surface area contributed by atoms with Crippen LogP contribution in [0.25, 0.3) is 0 Å². The van der Waals surface area contributed by atoms with Crippen molar-refractivity contribution in [3.05, 3.63) is 16.3 Å². The van der Waals surface area contributed by atoms with Crippen molar-refractivity contribution in [2.45, 2.75) is 30.4 Å². The van der Waals surface area contributed by atoms with Crippen LogP contribution < -0.4 is 0 Å². The molecule has 0 unspecified atom stereocenters. The number of alkyl halides is 2. The van der Waals surface area contributed by atoms with E-state index in [-0.39, 0.29) is 16.4 Å². The van der Waals surface area contributed by atoms with Crippen molar-refractivity contribution < 1.29 is 23.0 Å². The fourth-order valence-corrected chi connectivity index (χ4v) is 2.83. The Balaban J connectivity index is 2.31. The van der Waals surface area contributed by atoms with E-state index >= 15 is 0 Å². The van der Waals surface area contributed by atoms with Crippen LogP contribution >= 0.6 is 23.1 Å². The molecule has 0 aromatic carbocycles. The van der Waals surface area contributed by atoms with Crippen LogP contribution in [0.5, 0.6) is 0 Å². The lowest BCUT2D eigenvalue weighted by Gasteiger charge is -2.06. The predicted octanol–water partition coefficient (Wildman–Crippen LogP) is 4.04. The van der Waals surface area contributed by atoms with Crippen LogP contribution in [0.1, 0.15) is 29.4 Å². The molecule has 1 heterocycles. The molecule has 1 aromatic rings. The molecule has 19 heavy (non-hydrogen) atoms. The molecule has 0 aliphatic rings. The molecule has 0 saturated carbocycles. The minimum atomic E-state index is -2.54. The first kappa shape index (κ1) is 16.4. The van der Waals surface area contributed by atoms with Gasteiger partial charge in [0.15, 0.2) is 0 Å². The average molecular weight is 310 g/mol. The first-order valence-electron chi connectivity index (χ1n) is 5.92. The van der Waals surface area contributed by atoms with Gasteiger partial charge >= 0.3 is 5.97 Å². The summed E-state index contributed by atoms with van der Waals surface area (Å²) in [7, 11) is 0. The highest BCUT2D eigenvalue weighted by Gasteiger charge is 2.18. The molecular formula is C12H16F2O3S2. The lowest BCUT2D eigenvalue weighted by Crippen LogP contribution is -2.11. The number of rotatable bonds is 9. The van der Waals surface area contributed by atoms with Crippen molar-refractivity contribution >= 4 is 29.1 Å². The van der Waals surface area contributed by atoms with E-state index in [1.165, 1.54) is 6.07 Å². The second-order valence-corrected chi connectivity index (χ2v) is 5.54. The van der Waals surface area contributed by atoms with Crippen LogP contribution in [0.2, 0.25) is 0 Å². The van der Waals surface area contributed by atoms with Gasteiger partial charge < -0.3 is 9.47 Å². The van der Waals surface area contributed by atoms with Gasteiger partial charge in [0.1, 0.15) is 11.5 Å². The number of halogens is 2. The summed E-state index contributed by atoms with van der Waals surface area (Å²) in [6.07, 6.45) is 2.01. The zero-order valence-electron chi connectivity index (χ0n) is 10.6. The van der Waals surface area contributed by atoms with Crippen LogP contribution in [-0.4, -0.2) is 31.5 Å². The van der Waals surface area contributed by atoms with E-state index in [9.17, 15) is 13.6 Å². The highest BCUT2D eigenvalue weighted by atomic mass is 32.2. The minimum absolute atomic E-state index is 0.138. The summed E-state index contributed by atoms with van der Waals surface area (Å²) in [6.45, 7) is 3.16. The second kappa shape index (κ2) is 9.28. The molecule has 3 nitrogen and oxygen atoms in total. The molecule has 0 N–H and O–H groups in total. The molecule has 0 spiro atoms. The third-order valence-electron chi connectivity index (χ3n) is 2.13. The molecule has 0 aliphatic carbocycles. The maximum Gasteiger partial charge on any atom is 0.349 e. The molecule has 0 bridgehead atoms. The Kier molecular flexibility index (Phi) is 8.00. The zero-order valence-corrected chi connectivity index (χ0v) is 12.2. The van der Waals surface area contributed by atoms with Gasteiger partial charge in [-0.25, -0.2) is 4.79 Å². The van der Waals surface area contributed by atoms with Crippen LogP contribution in [0.15, 0.2) is 16.3 Å². The molecule has 0 fully saturated rings. The van der Waals surface area contributed by atoms with Gasteiger partial charge in [-0.3, -0.25) is 0 Å². The normalized spacial score (nSPS) is 10.9. The maximum absolute atomic E-state index is 12.3. The Bertz CT molecular complexity index is 383. The fraction of sp³-hybridized carbons (Fsp3) is 0.583. The van der Waals surface area contributed by atoms with Gasteiger partial charge in [0, 0.05) is 11.5 Å². The SMILES string of the molecule is CCCCOCCOC(=O)c1sccc1SC(F)F. The number of unbranched alkanes of at least 4 members (excludes halogenated alkanes) is 1. The van der Waals surface area contributed by atoms with Crippen LogP contribution in [-0.2, 0) is 9.47 Å². The van der Waals surface area contributed by atoms with Gasteiger partial charge in [-0.15, -0.1) is 11.3 Å². The quantitative estimate of drug-likeness (QED) is 0.392. The van der Waals surface area contributed by atoms with Gasteiger partial charge in [-0.2, -0.15) is 8.78 Å². The smallest absolute Gasteiger partial charge is 0.349 e. The minimum Gasteiger partial charge on any atom is -0.459 e. The monoisotopic (exact) mass is 310 g/mol. The van der Waals surface area contributed by atoms with E-state index in [0.29, 0.717) is 25.0 Å². The van der Waals surface area contributed by atoms with E-state index < -0.39 is 11.7 Å².